The van der Waals surface area contributed by atoms with Crippen molar-refractivity contribution in [2.45, 2.75) is 13.2 Å². The minimum Gasteiger partial charge on any atom is -0.295 e. The molecular formula is C29H22N2. The molecule has 0 aliphatic rings. The number of para-hydroxylation sites is 2. The minimum absolute atomic E-state index is 0.133. The number of aryl methyl sites for hydroxylation is 1. The predicted molar refractivity (Wildman–Crippen MR) is 131 cm³/mol. The largest absolute Gasteiger partial charge is 0.295 e. The molecule has 0 aliphatic carbocycles. The van der Waals surface area contributed by atoms with Crippen LogP contribution in [0, 0.1) is 0 Å². The van der Waals surface area contributed by atoms with E-state index < -0.39 is 13.2 Å². The molecule has 0 saturated carbocycles. The van der Waals surface area contributed by atoms with Crippen LogP contribution in [0.1, 0.15) is 19.5 Å². The van der Waals surface area contributed by atoms with E-state index in [1.54, 1.807) is 10.6 Å². The van der Waals surface area contributed by atoms with E-state index in [0.29, 0.717) is 11.0 Å². The molecule has 0 saturated heterocycles. The van der Waals surface area contributed by atoms with Gasteiger partial charge in [-0.2, -0.15) is 0 Å². The fourth-order valence-electron chi connectivity index (χ4n) is 4.60. The van der Waals surface area contributed by atoms with Crippen LogP contribution in [-0.2, 0) is 6.37 Å². The van der Waals surface area contributed by atoms with E-state index in [9.17, 15) is 0 Å². The van der Waals surface area contributed by atoms with Gasteiger partial charge in [-0.15, -0.1) is 0 Å². The molecule has 0 bridgehead atoms. The summed E-state index contributed by atoms with van der Waals surface area (Å²) in [6.45, 7) is -2.90. The summed E-state index contributed by atoms with van der Waals surface area (Å²) in [6.07, 6.45) is -2.67. The molecule has 1 aromatic heterocycles. The molecule has 0 fully saturated rings. The van der Waals surface area contributed by atoms with Gasteiger partial charge in [0, 0.05) is 24.0 Å². The van der Waals surface area contributed by atoms with Crippen molar-refractivity contribution in [1.82, 2.24) is 9.55 Å². The third-order valence-corrected chi connectivity index (χ3v) is 5.86. The second kappa shape index (κ2) is 7.10. The van der Waals surface area contributed by atoms with E-state index >= 15 is 0 Å². The summed E-state index contributed by atoms with van der Waals surface area (Å²) in [4.78, 5) is 4.55. The third-order valence-electron chi connectivity index (χ3n) is 5.86. The monoisotopic (exact) mass is 403 g/mol. The van der Waals surface area contributed by atoms with Crippen LogP contribution in [0.2, 0.25) is 0 Å². The number of fused-ring (bicyclic) bond motifs is 3. The van der Waals surface area contributed by atoms with Crippen molar-refractivity contribution < 1.29 is 6.85 Å². The summed E-state index contributed by atoms with van der Waals surface area (Å²) in [5.74, 6) is -0.133. The molecule has 0 N–H and O–H groups in total. The van der Waals surface area contributed by atoms with Crippen molar-refractivity contribution in [2.24, 2.45) is 0 Å². The molecule has 31 heavy (non-hydrogen) atoms. The molecule has 0 radical (unpaired) electrons. The molecule has 1 heterocycles. The highest BCUT2D eigenvalue weighted by molar-refractivity contribution is 6.18. The van der Waals surface area contributed by atoms with E-state index in [1.807, 2.05) is 72.8 Å². The molecule has 2 heteroatoms. The molecule has 0 aliphatic heterocycles. The van der Waals surface area contributed by atoms with Gasteiger partial charge in [-0.3, -0.25) is 4.57 Å². The van der Waals surface area contributed by atoms with E-state index in [4.69, 9.17) is 6.85 Å². The van der Waals surface area contributed by atoms with Crippen molar-refractivity contribution in [2.75, 3.05) is 0 Å². The predicted octanol–water partition coefficient (Wildman–Crippen LogP) is 7.56. The van der Waals surface area contributed by atoms with E-state index in [-0.39, 0.29) is 5.82 Å². The first-order valence-electron chi connectivity index (χ1n) is 12.8. The van der Waals surface area contributed by atoms with Crippen LogP contribution in [0.3, 0.4) is 0 Å². The molecule has 5 aromatic carbocycles. The van der Waals surface area contributed by atoms with Gasteiger partial charge < -0.3 is 0 Å². The average molecular weight is 404 g/mol. The van der Waals surface area contributed by atoms with E-state index in [2.05, 4.69) is 29.2 Å². The lowest BCUT2D eigenvalue weighted by molar-refractivity contribution is 0.917. The molecule has 148 valence electrons. The van der Waals surface area contributed by atoms with Crippen molar-refractivity contribution in [3.8, 4) is 16.8 Å². The topological polar surface area (TPSA) is 17.8 Å². The number of benzene rings is 5. The summed E-state index contributed by atoms with van der Waals surface area (Å²) in [5.41, 5.74) is 4.07. The summed E-state index contributed by atoms with van der Waals surface area (Å²) in [5, 5.41) is 3.77. The van der Waals surface area contributed by atoms with Crippen LogP contribution in [0.15, 0.2) is 103 Å². The van der Waals surface area contributed by atoms with Crippen molar-refractivity contribution in [3.63, 3.8) is 0 Å². The Morgan fingerprint density at radius 2 is 1.29 bits per heavy atom. The molecule has 0 atom stereocenters. The molecule has 0 spiro atoms. The highest BCUT2D eigenvalue weighted by atomic mass is 15.1. The van der Waals surface area contributed by atoms with E-state index in [0.717, 1.165) is 38.4 Å². The fraction of sp³-hybridized carbons (Fsp3) is 0.0690. The van der Waals surface area contributed by atoms with Gasteiger partial charge in [-0.05, 0) is 34.0 Å². The second-order valence-corrected chi connectivity index (χ2v) is 7.57. The van der Waals surface area contributed by atoms with Gasteiger partial charge in [0.2, 0.25) is 0 Å². The number of imidazole rings is 1. The summed E-state index contributed by atoms with van der Waals surface area (Å²) in [6, 6.07) is 33.5. The summed E-state index contributed by atoms with van der Waals surface area (Å²) in [7, 11) is 0. The van der Waals surface area contributed by atoms with Gasteiger partial charge in [-0.1, -0.05) is 97.8 Å². The summed E-state index contributed by atoms with van der Waals surface area (Å²) >= 11 is 0. The number of nitrogens with zero attached hydrogens (tertiary/aromatic N) is 2. The maximum absolute atomic E-state index is 8.66. The first-order chi connectivity index (χ1) is 17.3. The molecule has 2 nitrogen and oxygen atoms in total. The van der Waals surface area contributed by atoms with Gasteiger partial charge in [0.25, 0.3) is 0 Å². The standard InChI is InChI=1S/C29H22N2/c1-2-27-30-25-18-10-11-19-26(25)31(27)29-23-16-8-6-14-21(23)28(20-12-4-3-5-13-20)22-15-7-9-17-24(22)29/h3-19H,2H2,1H3/i1D3,2D2. The zero-order chi connectivity index (χ0) is 25.1. The Morgan fingerprint density at radius 3 is 1.97 bits per heavy atom. The van der Waals surface area contributed by atoms with Crippen LogP contribution in [0.5, 0.6) is 0 Å². The van der Waals surface area contributed by atoms with Crippen LogP contribution in [-0.4, -0.2) is 9.55 Å². The summed E-state index contributed by atoms with van der Waals surface area (Å²) < 4.78 is 43.0. The Hall–Kier alpha value is -3.91. The Kier molecular flexibility index (Phi) is 3.07. The van der Waals surface area contributed by atoms with Crippen LogP contribution < -0.4 is 0 Å². The van der Waals surface area contributed by atoms with Crippen LogP contribution in [0.25, 0.3) is 49.4 Å². The Bertz CT molecular complexity index is 1690. The highest BCUT2D eigenvalue weighted by Gasteiger charge is 2.19. The number of aromatic nitrogens is 2. The normalized spacial score (nSPS) is 14.8. The van der Waals surface area contributed by atoms with E-state index in [1.165, 1.54) is 0 Å². The molecule has 0 amide bonds. The zero-order valence-corrected chi connectivity index (χ0v) is 16.7. The Labute approximate surface area is 188 Å². The van der Waals surface area contributed by atoms with Crippen molar-refractivity contribution >= 4 is 32.6 Å². The van der Waals surface area contributed by atoms with Gasteiger partial charge in [0.05, 0.1) is 16.7 Å². The van der Waals surface area contributed by atoms with Crippen molar-refractivity contribution in [1.29, 1.82) is 0 Å². The Morgan fingerprint density at radius 1 is 0.710 bits per heavy atom. The lowest BCUT2D eigenvalue weighted by Gasteiger charge is -2.19. The SMILES string of the molecule is [2H]C([2H])([2H])C([2H])([2H])c1nc2ccccc2n1-c1c2ccccc2c(-c2ccccc2)c2ccccc12. The molecule has 6 rings (SSSR count). The average Bonchev–Trinajstić information content (AvgIpc) is 3.27. The lowest BCUT2D eigenvalue weighted by atomic mass is 9.90. The molecular weight excluding hydrogens is 376 g/mol. The fourth-order valence-corrected chi connectivity index (χ4v) is 4.60. The van der Waals surface area contributed by atoms with Gasteiger partial charge in [0.1, 0.15) is 5.82 Å². The highest BCUT2D eigenvalue weighted by Crippen LogP contribution is 2.42. The molecule has 6 aromatic rings. The first-order valence-corrected chi connectivity index (χ1v) is 10.3. The maximum atomic E-state index is 8.66. The third kappa shape index (κ3) is 2.69. The van der Waals surface area contributed by atoms with Crippen LogP contribution in [0.4, 0.5) is 0 Å². The van der Waals surface area contributed by atoms with Gasteiger partial charge >= 0.3 is 0 Å². The lowest BCUT2D eigenvalue weighted by Crippen LogP contribution is -2.03. The smallest absolute Gasteiger partial charge is 0.114 e. The minimum atomic E-state index is -2.90. The second-order valence-electron chi connectivity index (χ2n) is 7.57. The number of rotatable bonds is 3. The first kappa shape index (κ1) is 13.4. The van der Waals surface area contributed by atoms with Crippen molar-refractivity contribution in [3.05, 3.63) is 109 Å². The van der Waals surface area contributed by atoms with Gasteiger partial charge in [0.15, 0.2) is 0 Å². The Balaban J connectivity index is 1.85. The zero-order valence-electron chi connectivity index (χ0n) is 21.7. The maximum Gasteiger partial charge on any atom is 0.114 e. The molecule has 0 unspecified atom stereocenters. The van der Waals surface area contributed by atoms with Gasteiger partial charge in [-0.25, -0.2) is 4.98 Å². The quantitative estimate of drug-likeness (QED) is 0.279. The van der Waals surface area contributed by atoms with Crippen LogP contribution >= 0.6 is 0 Å². The number of hydrogen-bond donors (Lipinski definition) is 0. The number of hydrogen-bond acceptors (Lipinski definition) is 1.